The van der Waals surface area contributed by atoms with Gasteiger partial charge in [-0.3, -0.25) is 4.79 Å². The summed E-state index contributed by atoms with van der Waals surface area (Å²) in [6.07, 6.45) is 1.03. The van der Waals surface area contributed by atoms with E-state index in [1.165, 1.54) is 4.90 Å². The Balaban J connectivity index is 1.63. The Kier molecular flexibility index (Phi) is 3.77. The molecule has 1 fully saturated rings. The molecule has 1 aliphatic carbocycles. The van der Waals surface area contributed by atoms with Gasteiger partial charge in [-0.05, 0) is 24.0 Å². The van der Waals surface area contributed by atoms with E-state index in [0.717, 1.165) is 18.7 Å². The Bertz CT molecular complexity index is 388. The summed E-state index contributed by atoms with van der Waals surface area (Å²) in [5.41, 5.74) is 0.233. The molecule has 1 unspecified atom stereocenters. The van der Waals surface area contributed by atoms with E-state index >= 15 is 0 Å². The van der Waals surface area contributed by atoms with Gasteiger partial charge < -0.3 is 5.32 Å². The highest BCUT2D eigenvalue weighted by molar-refractivity contribution is 7.99. The first-order valence-electron chi connectivity index (χ1n) is 6.05. The number of hydrogen-bond donors (Lipinski definition) is 1. The fourth-order valence-corrected chi connectivity index (χ4v) is 2.69. The van der Waals surface area contributed by atoms with Crippen molar-refractivity contribution in [2.75, 3.05) is 12.3 Å². The maximum Gasteiger partial charge on any atom is 0.223 e. The molecule has 1 atom stereocenters. The van der Waals surface area contributed by atoms with Crippen molar-refractivity contribution in [3.63, 3.8) is 0 Å². The van der Waals surface area contributed by atoms with E-state index in [-0.39, 0.29) is 17.2 Å². The monoisotopic (exact) mass is 249 g/mol. The highest BCUT2D eigenvalue weighted by atomic mass is 32.2. The number of carbonyl (C=O) groups excluding carboxylic acids is 1. The van der Waals surface area contributed by atoms with Gasteiger partial charge in [-0.15, -0.1) is 11.8 Å². The average Bonchev–Trinajstić information content (AvgIpc) is 2.95. The maximum atomic E-state index is 11.7. The summed E-state index contributed by atoms with van der Waals surface area (Å²) in [5.74, 6) is 1.40. The molecular weight excluding hydrogens is 230 g/mol. The van der Waals surface area contributed by atoms with Crippen LogP contribution >= 0.6 is 11.8 Å². The minimum absolute atomic E-state index is 0.226. The number of carbonyl (C=O) groups is 1. The predicted molar refractivity (Wildman–Crippen MR) is 72.1 cm³/mol. The predicted octanol–water partition coefficient (Wildman–Crippen LogP) is 2.94. The smallest absolute Gasteiger partial charge is 0.223 e. The Morgan fingerprint density at radius 1 is 1.41 bits per heavy atom. The van der Waals surface area contributed by atoms with Crippen molar-refractivity contribution in [3.05, 3.63) is 30.3 Å². The minimum Gasteiger partial charge on any atom is -0.355 e. The molecule has 0 saturated heterocycles. The van der Waals surface area contributed by atoms with E-state index in [2.05, 4.69) is 31.3 Å². The van der Waals surface area contributed by atoms with Crippen LogP contribution in [0.15, 0.2) is 35.2 Å². The van der Waals surface area contributed by atoms with E-state index in [1.54, 1.807) is 11.8 Å². The number of amides is 1. The van der Waals surface area contributed by atoms with Gasteiger partial charge in [0.2, 0.25) is 5.91 Å². The van der Waals surface area contributed by atoms with Gasteiger partial charge in [0.1, 0.15) is 0 Å². The zero-order valence-electron chi connectivity index (χ0n) is 10.4. The second kappa shape index (κ2) is 5.13. The molecule has 1 aromatic carbocycles. The van der Waals surface area contributed by atoms with Crippen LogP contribution in [0.4, 0.5) is 0 Å². The van der Waals surface area contributed by atoms with Crippen LogP contribution in [0.5, 0.6) is 0 Å². The molecule has 3 heteroatoms. The van der Waals surface area contributed by atoms with Crippen LogP contribution in [0.25, 0.3) is 0 Å². The molecule has 1 saturated carbocycles. The largest absolute Gasteiger partial charge is 0.355 e. The molecule has 1 aliphatic rings. The third-order valence-electron chi connectivity index (χ3n) is 3.24. The van der Waals surface area contributed by atoms with Crippen molar-refractivity contribution >= 4 is 17.7 Å². The van der Waals surface area contributed by atoms with Gasteiger partial charge in [0.15, 0.2) is 0 Å². The molecule has 2 nitrogen and oxygen atoms in total. The quantitative estimate of drug-likeness (QED) is 0.642. The van der Waals surface area contributed by atoms with Crippen molar-refractivity contribution < 1.29 is 4.79 Å². The zero-order valence-corrected chi connectivity index (χ0v) is 11.2. The molecule has 92 valence electrons. The second-order valence-corrected chi connectivity index (χ2v) is 6.37. The number of nitrogens with one attached hydrogen (secondary N) is 1. The summed E-state index contributed by atoms with van der Waals surface area (Å²) in [7, 11) is 0. The number of thioether (sulfide) groups is 1. The van der Waals surface area contributed by atoms with Gasteiger partial charge in [-0.25, -0.2) is 0 Å². The summed E-state index contributed by atoms with van der Waals surface area (Å²) in [5, 5.41) is 3.01. The summed E-state index contributed by atoms with van der Waals surface area (Å²) < 4.78 is 0. The first-order chi connectivity index (χ1) is 8.09. The van der Waals surface area contributed by atoms with Crippen LogP contribution in [0.3, 0.4) is 0 Å². The SMILES string of the molecule is CC1(C)CC1C(=O)NCCSc1ccccc1. The molecule has 1 amide bonds. The van der Waals surface area contributed by atoms with E-state index < -0.39 is 0 Å². The van der Waals surface area contributed by atoms with Gasteiger partial charge >= 0.3 is 0 Å². The zero-order chi connectivity index (χ0) is 12.3. The first kappa shape index (κ1) is 12.5. The van der Waals surface area contributed by atoms with Gasteiger partial charge in [0.25, 0.3) is 0 Å². The lowest BCUT2D eigenvalue weighted by Crippen LogP contribution is -2.28. The van der Waals surface area contributed by atoms with Crippen molar-refractivity contribution in [1.82, 2.24) is 5.32 Å². The summed E-state index contributed by atoms with van der Waals surface area (Å²) in [6.45, 7) is 5.05. The van der Waals surface area contributed by atoms with E-state index in [0.29, 0.717) is 0 Å². The molecule has 17 heavy (non-hydrogen) atoms. The Morgan fingerprint density at radius 3 is 2.65 bits per heavy atom. The molecule has 0 aromatic heterocycles. The van der Waals surface area contributed by atoms with E-state index in [4.69, 9.17) is 0 Å². The van der Waals surface area contributed by atoms with Gasteiger partial charge in [0.05, 0.1) is 0 Å². The normalized spacial score (nSPS) is 20.9. The van der Waals surface area contributed by atoms with E-state index in [9.17, 15) is 4.79 Å². The standard InChI is InChI=1S/C14H19NOS/c1-14(2)10-12(14)13(16)15-8-9-17-11-6-4-3-5-7-11/h3-7,12H,8-10H2,1-2H3,(H,15,16). The summed E-state index contributed by atoms with van der Waals surface area (Å²) in [4.78, 5) is 13.0. The molecule has 2 rings (SSSR count). The van der Waals surface area contributed by atoms with Crippen molar-refractivity contribution in [2.24, 2.45) is 11.3 Å². The van der Waals surface area contributed by atoms with E-state index in [1.807, 2.05) is 18.2 Å². The average molecular weight is 249 g/mol. The molecule has 0 radical (unpaired) electrons. The fraction of sp³-hybridized carbons (Fsp3) is 0.500. The van der Waals surface area contributed by atoms with Crippen LogP contribution in [-0.4, -0.2) is 18.2 Å². The third kappa shape index (κ3) is 3.50. The molecular formula is C14H19NOS. The number of hydrogen-bond acceptors (Lipinski definition) is 2. The van der Waals surface area contributed by atoms with Crippen LogP contribution in [-0.2, 0) is 4.79 Å². The summed E-state index contributed by atoms with van der Waals surface area (Å²) in [6, 6.07) is 10.3. The first-order valence-corrected chi connectivity index (χ1v) is 7.04. The lowest BCUT2D eigenvalue weighted by atomic mass is 10.1. The van der Waals surface area contributed by atoms with Crippen LogP contribution in [0.1, 0.15) is 20.3 Å². The van der Waals surface area contributed by atoms with Crippen molar-refractivity contribution in [1.29, 1.82) is 0 Å². The van der Waals surface area contributed by atoms with Crippen LogP contribution < -0.4 is 5.32 Å². The molecule has 0 heterocycles. The fourth-order valence-electron chi connectivity index (χ4n) is 1.90. The molecule has 0 bridgehead atoms. The third-order valence-corrected chi connectivity index (χ3v) is 4.26. The Hall–Kier alpha value is -0.960. The number of benzene rings is 1. The topological polar surface area (TPSA) is 29.1 Å². The van der Waals surface area contributed by atoms with Crippen molar-refractivity contribution in [2.45, 2.75) is 25.2 Å². The van der Waals surface area contributed by atoms with Gasteiger partial charge in [-0.1, -0.05) is 32.0 Å². The molecule has 1 aromatic rings. The highest BCUT2D eigenvalue weighted by Gasteiger charge is 2.50. The maximum absolute atomic E-state index is 11.7. The molecule has 0 aliphatic heterocycles. The Labute approximate surface area is 107 Å². The molecule has 1 N–H and O–H groups in total. The number of rotatable bonds is 5. The van der Waals surface area contributed by atoms with Crippen LogP contribution in [0, 0.1) is 11.3 Å². The van der Waals surface area contributed by atoms with Gasteiger partial charge in [-0.2, -0.15) is 0 Å². The second-order valence-electron chi connectivity index (χ2n) is 5.20. The Morgan fingerprint density at radius 2 is 2.06 bits per heavy atom. The summed E-state index contributed by atoms with van der Waals surface area (Å²) >= 11 is 1.78. The minimum atomic E-state index is 0.226. The lowest BCUT2D eigenvalue weighted by Gasteiger charge is -2.06. The van der Waals surface area contributed by atoms with Gasteiger partial charge in [0, 0.05) is 23.1 Å². The molecule has 0 spiro atoms. The highest BCUT2D eigenvalue weighted by Crippen LogP contribution is 2.51. The van der Waals surface area contributed by atoms with Crippen molar-refractivity contribution in [3.8, 4) is 0 Å². The lowest BCUT2D eigenvalue weighted by molar-refractivity contribution is -0.122. The van der Waals surface area contributed by atoms with Crippen LogP contribution in [0.2, 0.25) is 0 Å².